The first kappa shape index (κ1) is 17.3. The molecule has 0 aromatic heterocycles. The topological polar surface area (TPSA) is 70.0 Å². The van der Waals surface area contributed by atoms with Crippen LogP contribution in [0.3, 0.4) is 0 Å². The summed E-state index contributed by atoms with van der Waals surface area (Å²) in [5.41, 5.74) is 0.665. The van der Waals surface area contributed by atoms with E-state index in [0.717, 1.165) is 6.42 Å². The fourth-order valence-electron chi connectivity index (χ4n) is 1.79. The van der Waals surface area contributed by atoms with Crippen molar-refractivity contribution in [2.24, 2.45) is 5.41 Å². The Kier molecular flexibility index (Phi) is 5.61. The van der Waals surface area contributed by atoms with Crippen molar-refractivity contribution < 1.29 is 19.7 Å². The van der Waals surface area contributed by atoms with Crippen molar-refractivity contribution in [3.05, 3.63) is 23.8 Å². The minimum absolute atomic E-state index is 0.0381. The van der Waals surface area contributed by atoms with Gasteiger partial charge in [0.05, 0.1) is 6.10 Å². The van der Waals surface area contributed by atoms with Gasteiger partial charge in [-0.3, -0.25) is 0 Å². The van der Waals surface area contributed by atoms with Gasteiger partial charge in [0.25, 0.3) is 0 Å². The molecule has 118 valence electrons. The Labute approximate surface area is 126 Å². The molecule has 0 heterocycles. The molecule has 1 aromatic rings. The monoisotopic (exact) mass is 295 g/mol. The Hall–Kier alpha value is -1.75. The van der Waals surface area contributed by atoms with Crippen molar-refractivity contribution in [1.29, 1.82) is 0 Å². The lowest BCUT2D eigenvalue weighted by Gasteiger charge is -2.21. The average Bonchev–Trinajstić information content (AvgIpc) is 2.34. The number of benzene rings is 1. The van der Waals surface area contributed by atoms with Crippen LogP contribution in [0.4, 0.5) is 4.79 Å². The number of hydrogen-bond donors (Lipinski definition) is 2. The summed E-state index contributed by atoms with van der Waals surface area (Å²) in [7, 11) is 3.15. The minimum atomic E-state index is -0.701. The number of rotatable bonds is 4. The Bertz CT molecular complexity index is 492. The summed E-state index contributed by atoms with van der Waals surface area (Å²) in [6, 6.07) is 4.41. The summed E-state index contributed by atoms with van der Waals surface area (Å²) in [5, 5.41) is 19.9. The lowest BCUT2D eigenvalue weighted by molar-refractivity contribution is 0.146. The molecule has 1 amide bonds. The van der Waals surface area contributed by atoms with Crippen LogP contribution >= 0.6 is 0 Å². The highest BCUT2D eigenvalue weighted by Crippen LogP contribution is 2.31. The van der Waals surface area contributed by atoms with Crippen LogP contribution in [0.5, 0.6) is 11.5 Å². The zero-order valence-electron chi connectivity index (χ0n) is 13.4. The van der Waals surface area contributed by atoms with Gasteiger partial charge in [-0.2, -0.15) is 0 Å². The van der Waals surface area contributed by atoms with Crippen molar-refractivity contribution in [3.63, 3.8) is 0 Å². The van der Waals surface area contributed by atoms with Gasteiger partial charge in [0.1, 0.15) is 11.5 Å². The first-order valence-corrected chi connectivity index (χ1v) is 6.99. The van der Waals surface area contributed by atoms with E-state index in [-0.39, 0.29) is 16.9 Å². The van der Waals surface area contributed by atoms with Crippen molar-refractivity contribution in [2.75, 3.05) is 14.1 Å². The maximum Gasteiger partial charge on any atom is 0.414 e. The Morgan fingerprint density at radius 3 is 2.43 bits per heavy atom. The van der Waals surface area contributed by atoms with E-state index in [1.807, 2.05) is 0 Å². The highest BCUT2D eigenvalue weighted by atomic mass is 16.6. The van der Waals surface area contributed by atoms with Gasteiger partial charge in [-0.15, -0.1) is 0 Å². The number of aliphatic hydroxyl groups is 1. The van der Waals surface area contributed by atoms with Crippen LogP contribution in [0.1, 0.15) is 45.3 Å². The normalized spacial score (nSPS) is 12.9. The summed E-state index contributed by atoms with van der Waals surface area (Å²) in [6.07, 6.45) is 0.189. The highest BCUT2D eigenvalue weighted by Gasteiger charge is 2.17. The number of amides is 1. The molecule has 5 heteroatoms. The fraction of sp³-hybridized carbons (Fsp3) is 0.562. The number of carbonyl (C=O) groups is 1. The third-order valence-electron chi connectivity index (χ3n) is 3.04. The van der Waals surface area contributed by atoms with E-state index in [4.69, 9.17) is 4.74 Å². The Morgan fingerprint density at radius 1 is 1.29 bits per heavy atom. The Balaban J connectivity index is 2.83. The summed E-state index contributed by atoms with van der Waals surface area (Å²) in [6.45, 7) is 6.31. The summed E-state index contributed by atoms with van der Waals surface area (Å²) in [5.74, 6) is 0.183. The molecule has 0 aliphatic heterocycles. The number of nitrogens with zero attached hydrogens (tertiary/aromatic N) is 1. The molecule has 0 bridgehead atoms. The molecule has 5 nitrogen and oxygen atoms in total. The standard InChI is InChI=1S/C16H25NO4/c1-16(2,3)7-6-14(19)11-8-12(18)10-13(9-11)21-15(20)17(4)5/h8-10,14,18-19H,6-7H2,1-5H3. The van der Waals surface area contributed by atoms with Gasteiger partial charge >= 0.3 is 6.09 Å². The number of phenolic OH excluding ortho intramolecular Hbond substituents is 1. The molecular formula is C16H25NO4. The predicted molar refractivity (Wildman–Crippen MR) is 81.5 cm³/mol. The molecule has 0 saturated carbocycles. The largest absolute Gasteiger partial charge is 0.508 e. The van der Waals surface area contributed by atoms with Gasteiger partial charge in [0, 0.05) is 20.2 Å². The molecule has 2 N–H and O–H groups in total. The van der Waals surface area contributed by atoms with E-state index in [2.05, 4.69) is 20.8 Å². The number of phenols is 1. The summed E-state index contributed by atoms with van der Waals surface area (Å²) < 4.78 is 5.11. The molecule has 1 atom stereocenters. The van der Waals surface area contributed by atoms with Crippen LogP contribution < -0.4 is 4.74 Å². The molecule has 0 radical (unpaired) electrons. The molecule has 0 aliphatic rings. The first-order chi connectivity index (χ1) is 9.58. The molecule has 1 rings (SSSR count). The van der Waals surface area contributed by atoms with Gasteiger partial charge in [-0.25, -0.2) is 4.79 Å². The third-order valence-corrected chi connectivity index (χ3v) is 3.04. The second-order valence-corrected chi connectivity index (χ2v) is 6.64. The van der Waals surface area contributed by atoms with Crippen molar-refractivity contribution in [1.82, 2.24) is 4.90 Å². The van der Waals surface area contributed by atoms with E-state index in [0.29, 0.717) is 12.0 Å². The molecule has 0 spiro atoms. The molecule has 0 aliphatic carbocycles. The maximum atomic E-state index is 11.5. The number of ether oxygens (including phenoxy) is 1. The van der Waals surface area contributed by atoms with Crippen LogP contribution in [0, 0.1) is 5.41 Å². The molecule has 1 unspecified atom stereocenters. The number of aliphatic hydroxyl groups excluding tert-OH is 1. The van der Waals surface area contributed by atoms with Gasteiger partial charge in [-0.05, 0) is 36.0 Å². The van der Waals surface area contributed by atoms with E-state index >= 15 is 0 Å². The van der Waals surface area contributed by atoms with Gasteiger partial charge in [0.15, 0.2) is 0 Å². The third kappa shape index (κ3) is 6.04. The second kappa shape index (κ2) is 6.80. The van der Waals surface area contributed by atoms with Crippen molar-refractivity contribution in [3.8, 4) is 11.5 Å². The molecule has 1 aromatic carbocycles. The quantitative estimate of drug-likeness (QED) is 0.894. The zero-order valence-corrected chi connectivity index (χ0v) is 13.4. The number of carbonyl (C=O) groups excluding carboxylic acids is 1. The summed E-state index contributed by atoms with van der Waals surface area (Å²) in [4.78, 5) is 12.8. The maximum absolute atomic E-state index is 11.5. The van der Waals surface area contributed by atoms with E-state index < -0.39 is 12.2 Å². The van der Waals surface area contributed by atoms with Crippen LogP contribution in [0.2, 0.25) is 0 Å². The van der Waals surface area contributed by atoms with Crippen molar-refractivity contribution in [2.45, 2.75) is 39.7 Å². The second-order valence-electron chi connectivity index (χ2n) is 6.64. The SMILES string of the molecule is CN(C)C(=O)Oc1cc(O)cc(C(O)CCC(C)(C)C)c1. The van der Waals surface area contributed by atoms with E-state index in [1.165, 1.54) is 17.0 Å². The van der Waals surface area contributed by atoms with Gasteiger partial charge in [-0.1, -0.05) is 20.8 Å². The predicted octanol–water partition coefficient (Wildman–Crippen LogP) is 3.31. The zero-order chi connectivity index (χ0) is 16.2. The lowest BCUT2D eigenvalue weighted by Crippen LogP contribution is -2.25. The molecule has 0 fully saturated rings. The first-order valence-electron chi connectivity index (χ1n) is 6.99. The van der Waals surface area contributed by atoms with Crippen molar-refractivity contribution >= 4 is 6.09 Å². The van der Waals surface area contributed by atoms with E-state index in [9.17, 15) is 15.0 Å². The summed E-state index contributed by atoms with van der Waals surface area (Å²) >= 11 is 0. The minimum Gasteiger partial charge on any atom is -0.508 e. The van der Waals surface area contributed by atoms with Crippen LogP contribution in [0.25, 0.3) is 0 Å². The highest BCUT2D eigenvalue weighted by molar-refractivity contribution is 5.70. The number of hydrogen-bond acceptors (Lipinski definition) is 4. The molecule has 21 heavy (non-hydrogen) atoms. The molecular weight excluding hydrogens is 270 g/mol. The molecule has 0 saturated heterocycles. The fourth-order valence-corrected chi connectivity index (χ4v) is 1.79. The van der Waals surface area contributed by atoms with Gasteiger partial charge in [0.2, 0.25) is 0 Å². The van der Waals surface area contributed by atoms with E-state index in [1.54, 1.807) is 20.2 Å². The van der Waals surface area contributed by atoms with Crippen LogP contribution in [0.15, 0.2) is 18.2 Å². The lowest BCUT2D eigenvalue weighted by atomic mass is 9.88. The van der Waals surface area contributed by atoms with Crippen LogP contribution in [-0.2, 0) is 0 Å². The van der Waals surface area contributed by atoms with Crippen LogP contribution in [-0.4, -0.2) is 35.3 Å². The average molecular weight is 295 g/mol. The smallest absolute Gasteiger partial charge is 0.414 e. The van der Waals surface area contributed by atoms with Gasteiger partial charge < -0.3 is 19.8 Å². The Morgan fingerprint density at radius 2 is 1.90 bits per heavy atom. The number of aromatic hydroxyl groups is 1.